The van der Waals surface area contributed by atoms with Crippen LogP contribution in [-0.2, 0) is 4.79 Å². The maximum absolute atomic E-state index is 13.0. The van der Waals surface area contributed by atoms with Gasteiger partial charge in [0, 0.05) is 29.5 Å². The van der Waals surface area contributed by atoms with E-state index >= 15 is 0 Å². The third kappa shape index (κ3) is 6.34. The summed E-state index contributed by atoms with van der Waals surface area (Å²) in [5, 5.41) is 8.41. The lowest BCUT2D eigenvalue weighted by molar-refractivity contribution is -0.118. The van der Waals surface area contributed by atoms with Gasteiger partial charge in [-0.3, -0.25) is 9.59 Å². The Kier molecular flexibility index (Phi) is 8.09. The maximum Gasteiger partial charge on any atom is 0.319 e. The van der Waals surface area contributed by atoms with E-state index < -0.39 is 12.1 Å². The van der Waals surface area contributed by atoms with E-state index in [1.54, 1.807) is 24.3 Å². The van der Waals surface area contributed by atoms with Gasteiger partial charge >= 0.3 is 6.03 Å². The summed E-state index contributed by atoms with van der Waals surface area (Å²) in [7, 11) is 0. The number of anilines is 2. The molecule has 0 aliphatic carbocycles. The van der Waals surface area contributed by atoms with Crippen molar-refractivity contribution in [3.63, 3.8) is 0 Å². The van der Waals surface area contributed by atoms with Gasteiger partial charge in [0.25, 0.3) is 5.91 Å². The van der Waals surface area contributed by atoms with Crippen molar-refractivity contribution < 1.29 is 14.4 Å². The van der Waals surface area contributed by atoms with Crippen LogP contribution in [-0.4, -0.2) is 41.4 Å². The van der Waals surface area contributed by atoms with E-state index in [9.17, 15) is 14.4 Å². The van der Waals surface area contributed by atoms with Crippen LogP contribution in [0.2, 0.25) is 0 Å². The van der Waals surface area contributed by atoms with E-state index in [-0.39, 0.29) is 23.8 Å². The zero-order chi connectivity index (χ0) is 24.0. The summed E-state index contributed by atoms with van der Waals surface area (Å²) in [6.45, 7) is 8.49. The molecule has 0 spiro atoms. The quantitative estimate of drug-likeness (QED) is 0.591. The lowest BCUT2D eigenvalue weighted by Gasteiger charge is -2.33. The molecule has 1 aliphatic rings. The van der Waals surface area contributed by atoms with Crippen molar-refractivity contribution in [2.45, 2.75) is 59.0 Å². The Balaban J connectivity index is 1.65. The number of carbonyl (C=O) groups is 3. The summed E-state index contributed by atoms with van der Waals surface area (Å²) >= 11 is 0. The molecule has 176 valence electrons. The Morgan fingerprint density at radius 2 is 1.73 bits per heavy atom. The van der Waals surface area contributed by atoms with Gasteiger partial charge in [0.05, 0.1) is 0 Å². The molecule has 3 N–H and O–H groups in total. The minimum Gasteiger partial charge on any atom is -0.336 e. The van der Waals surface area contributed by atoms with Gasteiger partial charge in [-0.05, 0) is 74.9 Å². The molecule has 1 aliphatic heterocycles. The van der Waals surface area contributed by atoms with Crippen molar-refractivity contribution in [3.8, 4) is 0 Å². The monoisotopic (exact) mass is 450 g/mol. The number of carbonyl (C=O) groups excluding carboxylic acids is 3. The van der Waals surface area contributed by atoms with Crippen LogP contribution in [0.1, 0.15) is 56.0 Å². The second-order valence-corrected chi connectivity index (χ2v) is 9.05. The Morgan fingerprint density at radius 1 is 1.00 bits per heavy atom. The van der Waals surface area contributed by atoms with Crippen molar-refractivity contribution in [3.05, 3.63) is 59.7 Å². The molecule has 1 heterocycles. The first kappa shape index (κ1) is 24.3. The van der Waals surface area contributed by atoms with Gasteiger partial charge in [-0.15, -0.1) is 0 Å². The number of rotatable bonds is 6. The van der Waals surface area contributed by atoms with Crippen LogP contribution in [0.3, 0.4) is 0 Å². The molecule has 2 aromatic rings. The first-order valence-corrected chi connectivity index (χ1v) is 11.6. The van der Waals surface area contributed by atoms with Crippen LogP contribution in [0.15, 0.2) is 48.5 Å². The Bertz CT molecular complexity index is 990. The summed E-state index contributed by atoms with van der Waals surface area (Å²) in [5.74, 6) is -0.393. The zero-order valence-electron chi connectivity index (χ0n) is 19.9. The minimum absolute atomic E-state index is 0.0301. The van der Waals surface area contributed by atoms with Crippen LogP contribution in [0, 0.1) is 12.8 Å². The lowest BCUT2D eigenvalue weighted by Crippen LogP contribution is -2.48. The van der Waals surface area contributed by atoms with Gasteiger partial charge in [-0.1, -0.05) is 32.0 Å². The van der Waals surface area contributed by atoms with Crippen LogP contribution in [0.5, 0.6) is 0 Å². The molecule has 7 nitrogen and oxygen atoms in total. The second-order valence-electron chi connectivity index (χ2n) is 9.05. The molecule has 7 heteroatoms. The number of aryl methyl sites for hydroxylation is 1. The van der Waals surface area contributed by atoms with Crippen LogP contribution < -0.4 is 16.0 Å². The number of hydrogen-bond donors (Lipinski definition) is 3. The summed E-state index contributed by atoms with van der Waals surface area (Å²) in [5.41, 5.74) is 2.70. The van der Waals surface area contributed by atoms with Crippen molar-refractivity contribution in [2.24, 2.45) is 5.92 Å². The number of para-hydroxylation sites is 1. The number of urea groups is 1. The average molecular weight is 451 g/mol. The third-order valence-electron chi connectivity index (χ3n) is 6.06. The van der Waals surface area contributed by atoms with Gasteiger partial charge in [0.15, 0.2) is 0 Å². The molecule has 3 rings (SSSR count). The Hall–Kier alpha value is -3.35. The molecular formula is C26H34N4O3. The fourth-order valence-electron chi connectivity index (χ4n) is 4.08. The molecular weight excluding hydrogens is 416 g/mol. The van der Waals surface area contributed by atoms with Crippen molar-refractivity contribution in [1.29, 1.82) is 0 Å². The van der Waals surface area contributed by atoms with E-state index in [0.717, 1.165) is 31.4 Å². The van der Waals surface area contributed by atoms with Gasteiger partial charge in [-0.2, -0.15) is 0 Å². The fourth-order valence-corrected chi connectivity index (χ4v) is 4.08. The smallest absolute Gasteiger partial charge is 0.319 e. The number of benzene rings is 2. The number of amides is 4. The lowest BCUT2D eigenvalue weighted by atomic mass is 10.0. The third-order valence-corrected chi connectivity index (χ3v) is 6.06. The van der Waals surface area contributed by atoms with Crippen molar-refractivity contribution >= 4 is 29.2 Å². The van der Waals surface area contributed by atoms with E-state index in [2.05, 4.69) is 22.9 Å². The van der Waals surface area contributed by atoms with Gasteiger partial charge in [0.1, 0.15) is 6.04 Å². The van der Waals surface area contributed by atoms with Crippen molar-refractivity contribution in [1.82, 2.24) is 10.2 Å². The van der Waals surface area contributed by atoms with E-state index in [4.69, 9.17) is 0 Å². The highest BCUT2D eigenvalue weighted by Gasteiger charge is 2.26. The average Bonchev–Trinajstić information content (AvgIpc) is 2.79. The molecule has 2 unspecified atom stereocenters. The SMILES string of the molecule is Cc1cc(C(=O)N2CCCCC2C)ccc1NC(=O)C(NC(=O)Nc1ccccc1)C(C)C. The molecule has 33 heavy (non-hydrogen) atoms. The number of nitrogens with zero attached hydrogens (tertiary/aromatic N) is 1. The van der Waals surface area contributed by atoms with Crippen molar-refractivity contribution in [2.75, 3.05) is 17.2 Å². The number of piperidine rings is 1. The van der Waals surface area contributed by atoms with E-state index in [1.165, 1.54) is 0 Å². The van der Waals surface area contributed by atoms with E-state index in [1.807, 2.05) is 49.9 Å². The molecule has 0 saturated carbocycles. The normalized spacial score (nSPS) is 16.8. The first-order valence-electron chi connectivity index (χ1n) is 11.6. The highest BCUT2D eigenvalue weighted by atomic mass is 16.2. The highest BCUT2D eigenvalue weighted by molar-refractivity contribution is 6.00. The zero-order valence-corrected chi connectivity index (χ0v) is 19.9. The topological polar surface area (TPSA) is 90.5 Å². The van der Waals surface area contributed by atoms with Crippen LogP contribution in [0.4, 0.5) is 16.2 Å². The number of likely N-dealkylation sites (tertiary alicyclic amines) is 1. The summed E-state index contributed by atoms with van der Waals surface area (Å²) in [4.78, 5) is 40.3. The van der Waals surface area contributed by atoms with E-state index in [0.29, 0.717) is 16.9 Å². The predicted octanol–water partition coefficient (Wildman–Crippen LogP) is 4.79. The summed E-state index contributed by atoms with van der Waals surface area (Å²) in [6.07, 6.45) is 3.22. The molecule has 2 aromatic carbocycles. The maximum atomic E-state index is 13.0. The fraction of sp³-hybridized carbons (Fsp3) is 0.423. The molecule has 1 saturated heterocycles. The van der Waals surface area contributed by atoms with Gasteiger partial charge in [-0.25, -0.2) is 4.79 Å². The Labute approximate surface area is 195 Å². The predicted molar refractivity (Wildman–Crippen MR) is 131 cm³/mol. The summed E-state index contributed by atoms with van der Waals surface area (Å²) < 4.78 is 0. The molecule has 2 atom stereocenters. The number of nitrogens with one attached hydrogen (secondary N) is 3. The summed E-state index contributed by atoms with van der Waals surface area (Å²) in [6, 6.07) is 13.5. The molecule has 0 aromatic heterocycles. The highest BCUT2D eigenvalue weighted by Crippen LogP contribution is 2.23. The first-order chi connectivity index (χ1) is 15.8. The standard InChI is InChI=1S/C26H34N4O3/c1-17(2)23(29-26(33)27-21-11-6-5-7-12-21)24(31)28-22-14-13-20(16-18(22)3)25(32)30-15-9-8-10-19(30)4/h5-7,11-14,16-17,19,23H,8-10,15H2,1-4H3,(H,28,31)(H2,27,29,33). The van der Waals surface area contributed by atoms with Crippen LogP contribution >= 0.6 is 0 Å². The second kappa shape index (κ2) is 11.0. The van der Waals surface area contributed by atoms with Crippen LogP contribution in [0.25, 0.3) is 0 Å². The molecule has 4 amide bonds. The molecule has 1 fully saturated rings. The molecule has 0 radical (unpaired) electrons. The van der Waals surface area contributed by atoms with Gasteiger partial charge in [0.2, 0.25) is 5.91 Å². The largest absolute Gasteiger partial charge is 0.336 e. The van der Waals surface area contributed by atoms with Gasteiger partial charge < -0.3 is 20.9 Å². The minimum atomic E-state index is -0.719. The Morgan fingerprint density at radius 3 is 2.36 bits per heavy atom. The number of hydrogen-bond acceptors (Lipinski definition) is 3. The molecule has 0 bridgehead atoms.